The van der Waals surface area contributed by atoms with Crippen molar-refractivity contribution >= 4 is 18.1 Å². The van der Waals surface area contributed by atoms with E-state index in [0.29, 0.717) is 13.0 Å². The summed E-state index contributed by atoms with van der Waals surface area (Å²) >= 11 is 0. The van der Waals surface area contributed by atoms with Gasteiger partial charge in [0.15, 0.2) is 0 Å². The molecule has 0 bridgehead atoms. The highest BCUT2D eigenvalue weighted by atomic mass is 16.5. The Kier molecular flexibility index (Phi) is 8.85. The summed E-state index contributed by atoms with van der Waals surface area (Å²) in [6.45, 7) is 6.35. The quantitative estimate of drug-likeness (QED) is 0.660. The minimum Gasteiger partial charge on any atom is -0.450 e. The van der Waals surface area contributed by atoms with Gasteiger partial charge in [-0.3, -0.25) is 4.79 Å². The molecule has 0 fully saturated rings. The normalized spacial score (nSPS) is 12.8. The molecule has 1 aromatic carbocycles. The van der Waals surface area contributed by atoms with Gasteiger partial charge in [0.2, 0.25) is 5.91 Å². The van der Waals surface area contributed by atoms with E-state index in [-0.39, 0.29) is 6.61 Å². The van der Waals surface area contributed by atoms with Gasteiger partial charge in [-0.1, -0.05) is 51.1 Å². The van der Waals surface area contributed by atoms with Crippen molar-refractivity contribution in [2.45, 2.75) is 46.3 Å². The molecule has 0 radical (unpaired) electrons. The smallest absolute Gasteiger partial charge is 0.407 e. The van der Waals surface area contributed by atoms with Crippen LogP contribution in [0.4, 0.5) is 4.79 Å². The first-order valence-electron chi connectivity index (χ1n) is 8.71. The van der Waals surface area contributed by atoms with Crippen LogP contribution >= 0.6 is 0 Å². The molecule has 0 aliphatic carbocycles. The first kappa shape index (κ1) is 21.7. The van der Waals surface area contributed by atoms with Crippen LogP contribution in [0.1, 0.15) is 44.7 Å². The molecule has 0 unspecified atom stereocenters. The number of benzene rings is 1. The third-order valence-electron chi connectivity index (χ3n) is 3.73. The third-order valence-corrected chi connectivity index (χ3v) is 3.73. The Hall–Kier alpha value is -2.34. The lowest BCUT2D eigenvalue weighted by Gasteiger charge is -2.28. The summed E-state index contributed by atoms with van der Waals surface area (Å²) < 4.78 is 10.2. The molecule has 1 atom stereocenters. The van der Waals surface area contributed by atoms with Crippen molar-refractivity contribution in [2.75, 3.05) is 13.7 Å². The maximum atomic E-state index is 11.8. The zero-order valence-corrected chi connectivity index (χ0v) is 16.1. The van der Waals surface area contributed by atoms with Crippen LogP contribution in [0.15, 0.2) is 30.3 Å². The van der Waals surface area contributed by atoms with Crippen molar-refractivity contribution in [1.29, 1.82) is 0 Å². The van der Waals surface area contributed by atoms with Gasteiger partial charge >= 0.3 is 6.09 Å². The zero-order valence-electron chi connectivity index (χ0n) is 16.1. The van der Waals surface area contributed by atoms with Gasteiger partial charge in [0.1, 0.15) is 6.04 Å². The molecule has 144 valence electrons. The Morgan fingerprint density at radius 2 is 2.04 bits per heavy atom. The van der Waals surface area contributed by atoms with Gasteiger partial charge in [0.05, 0.1) is 13.2 Å². The average molecular weight is 362 g/mol. The number of nitrogens with one attached hydrogen (secondary N) is 1. The number of carbonyl (C=O) groups excluding carboxylic acids is 2. The van der Waals surface area contributed by atoms with Gasteiger partial charge in [-0.05, 0) is 35.4 Å². The number of rotatable bonds is 9. The number of allylic oxidation sites excluding steroid dienone is 1. The molecule has 2 amide bonds. The summed E-state index contributed by atoms with van der Waals surface area (Å²) in [5, 5.41) is 2.53. The van der Waals surface area contributed by atoms with Crippen LogP contribution in [0, 0.1) is 5.41 Å². The molecular formula is C20H30N2O4. The minimum atomic E-state index is -0.769. The molecule has 0 saturated heterocycles. The molecule has 1 aromatic rings. The van der Waals surface area contributed by atoms with E-state index in [1.165, 1.54) is 0 Å². The SMILES string of the molecule is COCc1cccc(/C=C/CCCOC(=O)N[C@H](C(N)=O)C(C)(C)C)c1. The first-order valence-corrected chi connectivity index (χ1v) is 8.71. The molecule has 0 aliphatic heterocycles. The van der Waals surface area contributed by atoms with Gasteiger partial charge in [0.25, 0.3) is 0 Å². The number of hydrogen-bond donors (Lipinski definition) is 2. The predicted molar refractivity (Wildman–Crippen MR) is 102 cm³/mol. The van der Waals surface area contributed by atoms with Gasteiger partial charge < -0.3 is 20.5 Å². The predicted octanol–water partition coefficient (Wildman–Crippen LogP) is 3.25. The van der Waals surface area contributed by atoms with E-state index in [9.17, 15) is 9.59 Å². The van der Waals surface area contributed by atoms with Crippen LogP contribution in [0.2, 0.25) is 0 Å². The highest BCUT2D eigenvalue weighted by molar-refractivity contribution is 5.84. The van der Waals surface area contributed by atoms with E-state index < -0.39 is 23.5 Å². The van der Waals surface area contributed by atoms with Crippen molar-refractivity contribution < 1.29 is 19.1 Å². The van der Waals surface area contributed by atoms with E-state index in [4.69, 9.17) is 15.2 Å². The van der Waals surface area contributed by atoms with Crippen molar-refractivity contribution in [3.8, 4) is 0 Å². The molecule has 6 heteroatoms. The molecular weight excluding hydrogens is 332 g/mol. The summed E-state index contributed by atoms with van der Waals surface area (Å²) in [6, 6.07) is 7.33. The molecule has 1 rings (SSSR count). The number of alkyl carbamates (subject to hydrolysis) is 1. The molecule has 6 nitrogen and oxygen atoms in total. The first-order chi connectivity index (χ1) is 12.2. The monoisotopic (exact) mass is 362 g/mol. The molecule has 0 heterocycles. The standard InChI is InChI=1S/C20H30N2O4/c1-20(2,3)17(18(21)23)22-19(24)26-12-7-5-6-9-15-10-8-11-16(13-15)14-25-4/h6,8-11,13,17H,5,7,12,14H2,1-4H3,(H2,21,23)(H,22,24)/b9-6+/t17-/m1/s1. The van der Waals surface area contributed by atoms with Crippen molar-refractivity contribution in [1.82, 2.24) is 5.32 Å². The summed E-state index contributed by atoms with van der Waals surface area (Å²) in [7, 11) is 1.67. The van der Waals surface area contributed by atoms with E-state index in [1.807, 2.05) is 51.1 Å². The highest BCUT2D eigenvalue weighted by Crippen LogP contribution is 2.19. The topological polar surface area (TPSA) is 90.7 Å². The Bertz CT molecular complexity index is 620. The van der Waals surface area contributed by atoms with Crippen molar-refractivity contribution in [2.24, 2.45) is 11.1 Å². The lowest BCUT2D eigenvalue weighted by atomic mass is 9.86. The van der Waals surface area contributed by atoms with Gasteiger partial charge in [-0.2, -0.15) is 0 Å². The maximum Gasteiger partial charge on any atom is 0.407 e. The minimum absolute atomic E-state index is 0.273. The fourth-order valence-corrected chi connectivity index (χ4v) is 2.41. The summed E-state index contributed by atoms with van der Waals surface area (Å²) in [4.78, 5) is 23.2. The fourth-order valence-electron chi connectivity index (χ4n) is 2.41. The van der Waals surface area contributed by atoms with Crippen molar-refractivity contribution in [3.05, 3.63) is 41.5 Å². The van der Waals surface area contributed by atoms with Gasteiger partial charge in [-0.25, -0.2) is 4.79 Å². The van der Waals surface area contributed by atoms with Gasteiger partial charge in [0, 0.05) is 7.11 Å². The number of methoxy groups -OCH3 is 1. The summed E-state index contributed by atoms with van der Waals surface area (Å²) in [6.07, 6.45) is 4.91. The number of unbranched alkanes of at least 4 members (excludes halogenated alkanes) is 1. The van der Waals surface area contributed by atoms with Gasteiger partial charge in [-0.15, -0.1) is 0 Å². The van der Waals surface area contributed by atoms with E-state index in [2.05, 4.69) is 11.4 Å². The molecule has 0 aromatic heterocycles. The zero-order chi connectivity index (χ0) is 19.6. The molecule has 26 heavy (non-hydrogen) atoms. The van der Waals surface area contributed by atoms with Crippen LogP contribution in [0.3, 0.4) is 0 Å². The Balaban J connectivity index is 2.32. The Morgan fingerprint density at radius 3 is 2.65 bits per heavy atom. The number of nitrogens with two attached hydrogens (primary N) is 1. The van der Waals surface area contributed by atoms with E-state index in [0.717, 1.165) is 17.5 Å². The second-order valence-corrected chi connectivity index (χ2v) is 7.20. The second-order valence-electron chi connectivity index (χ2n) is 7.20. The average Bonchev–Trinajstić information content (AvgIpc) is 2.55. The lowest BCUT2D eigenvalue weighted by Crippen LogP contribution is -2.52. The van der Waals surface area contributed by atoms with Crippen LogP contribution in [-0.2, 0) is 20.9 Å². The molecule has 0 aliphatic rings. The lowest BCUT2D eigenvalue weighted by molar-refractivity contribution is -0.122. The number of ether oxygens (including phenoxy) is 2. The second kappa shape index (κ2) is 10.6. The largest absolute Gasteiger partial charge is 0.450 e. The number of carbonyl (C=O) groups is 2. The molecule has 3 N–H and O–H groups in total. The Labute approximate surface area is 155 Å². The maximum absolute atomic E-state index is 11.8. The van der Waals surface area contributed by atoms with Crippen LogP contribution in [-0.4, -0.2) is 31.8 Å². The van der Waals surface area contributed by atoms with E-state index in [1.54, 1.807) is 7.11 Å². The van der Waals surface area contributed by atoms with Crippen LogP contribution in [0.25, 0.3) is 6.08 Å². The fraction of sp³-hybridized carbons (Fsp3) is 0.500. The Morgan fingerprint density at radius 1 is 1.31 bits per heavy atom. The van der Waals surface area contributed by atoms with E-state index >= 15 is 0 Å². The number of amides is 2. The summed E-state index contributed by atoms with van der Waals surface area (Å²) in [5.41, 5.74) is 7.08. The summed E-state index contributed by atoms with van der Waals surface area (Å²) in [5.74, 6) is -0.576. The van der Waals surface area contributed by atoms with Crippen molar-refractivity contribution in [3.63, 3.8) is 0 Å². The number of primary amides is 1. The molecule has 0 saturated carbocycles. The van der Waals surface area contributed by atoms with Crippen LogP contribution in [0.5, 0.6) is 0 Å². The van der Waals surface area contributed by atoms with Crippen LogP contribution < -0.4 is 11.1 Å². The molecule has 0 spiro atoms. The third kappa shape index (κ3) is 8.16. The highest BCUT2D eigenvalue weighted by Gasteiger charge is 2.31. The number of hydrogen-bond acceptors (Lipinski definition) is 4.